The lowest BCUT2D eigenvalue weighted by Crippen LogP contribution is -2.05. The first-order chi connectivity index (χ1) is 7.36. The zero-order valence-corrected chi connectivity index (χ0v) is 9.42. The Labute approximate surface area is 93.2 Å². The molecule has 0 saturated heterocycles. The number of pyridine rings is 1. The smallest absolute Gasteiger partial charge is 0.0942 e. The summed E-state index contributed by atoms with van der Waals surface area (Å²) in [6, 6.07) is 2.00. The SMILES string of the molecule is Cc1cnccc1NCCc1nccs1. The van der Waals surface area contributed by atoms with Crippen molar-refractivity contribution >= 4 is 17.0 Å². The topological polar surface area (TPSA) is 37.8 Å². The third-order valence-corrected chi connectivity index (χ3v) is 3.00. The minimum Gasteiger partial charge on any atom is -0.384 e. The van der Waals surface area contributed by atoms with Crippen LogP contribution >= 0.6 is 11.3 Å². The maximum atomic E-state index is 4.24. The van der Waals surface area contributed by atoms with Gasteiger partial charge in [0.1, 0.15) is 0 Å². The molecule has 0 radical (unpaired) electrons. The third kappa shape index (κ3) is 2.76. The normalized spacial score (nSPS) is 10.2. The monoisotopic (exact) mass is 219 g/mol. The summed E-state index contributed by atoms with van der Waals surface area (Å²) in [5.41, 5.74) is 2.33. The number of rotatable bonds is 4. The summed E-state index contributed by atoms with van der Waals surface area (Å²) in [4.78, 5) is 8.29. The van der Waals surface area contributed by atoms with E-state index in [1.165, 1.54) is 10.6 Å². The highest BCUT2D eigenvalue weighted by Crippen LogP contribution is 2.12. The molecule has 2 rings (SSSR count). The number of thiazole rings is 1. The molecule has 0 fully saturated rings. The van der Waals surface area contributed by atoms with Gasteiger partial charge in [0, 0.05) is 42.6 Å². The fourth-order valence-electron chi connectivity index (χ4n) is 1.35. The van der Waals surface area contributed by atoms with Gasteiger partial charge in [-0.05, 0) is 18.6 Å². The molecule has 2 heterocycles. The maximum absolute atomic E-state index is 4.24. The molecule has 15 heavy (non-hydrogen) atoms. The van der Waals surface area contributed by atoms with Gasteiger partial charge >= 0.3 is 0 Å². The number of nitrogens with one attached hydrogen (secondary N) is 1. The lowest BCUT2D eigenvalue weighted by Gasteiger charge is -2.07. The zero-order chi connectivity index (χ0) is 10.5. The van der Waals surface area contributed by atoms with E-state index in [0.29, 0.717) is 0 Å². The summed E-state index contributed by atoms with van der Waals surface area (Å²) in [6.07, 6.45) is 6.49. The molecule has 0 amide bonds. The molecule has 2 aromatic heterocycles. The van der Waals surface area contributed by atoms with Gasteiger partial charge in [-0.2, -0.15) is 0 Å². The Balaban J connectivity index is 1.86. The van der Waals surface area contributed by atoms with Crippen LogP contribution in [0.1, 0.15) is 10.6 Å². The highest BCUT2D eigenvalue weighted by atomic mass is 32.1. The number of hydrogen-bond donors (Lipinski definition) is 1. The van der Waals surface area contributed by atoms with E-state index in [2.05, 4.69) is 22.2 Å². The van der Waals surface area contributed by atoms with Gasteiger partial charge < -0.3 is 5.32 Å². The molecule has 0 bridgehead atoms. The predicted molar refractivity (Wildman–Crippen MR) is 63.3 cm³/mol. The number of anilines is 1. The number of hydrogen-bond acceptors (Lipinski definition) is 4. The molecule has 0 atom stereocenters. The summed E-state index contributed by atoms with van der Waals surface area (Å²) >= 11 is 1.70. The van der Waals surface area contributed by atoms with E-state index in [9.17, 15) is 0 Å². The van der Waals surface area contributed by atoms with Gasteiger partial charge in [0.2, 0.25) is 0 Å². The van der Waals surface area contributed by atoms with Crippen molar-refractivity contribution in [3.63, 3.8) is 0 Å². The van der Waals surface area contributed by atoms with Crippen LogP contribution in [0.5, 0.6) is 0 Å². The van der Waals surface area contributed by atoms with E-state index in [0.717, 1.165) is 18.7 Å². The first-order valence-electron chi connectivity index (χ1n) is 4.89. The Morgan fingerprint density at radius 1 is 1.40 bits per heavy atom. The van der Waals surface area contributed by atoms with Gasteiger partial charge in [-0.1, -0.05) is 0 Å². The quantitative estimate of drug-likeness (QED) is 0.858. The van der Waals surface area contributed by atoms with Crippen molar-refractivity contribution in [2.75, 3.05) is 11.9 Å². The van der Waals surface area contributed by atoms with Gasteiger partial charge in [-0.25, -0.2) is 4.98 Å². The summed E-state index contributed by atoms with van der Waals surface area (Å²) in [5.74, 6) is 0. The molecule has 0 saturated carbocycles. The lowest BCUT2D eigenvalue weighted by atomic mass is 10.2. The number of nitrogens with zero attached hydrogens (tertiary/aromatic N) is 2. The molecule has 0 unspecified atom stereocenters. The van der Waals surface area contributed by atoms with Crippen molar-refractivity contribution < 1.29 is 0 Å². The van der Waals surface area contributed by atoms with Crippen molar-refractivity contribution in [2.45, 2.75) is 13.3 Å². The Hall–Kier alpha value is -1.42. The van der Waals surface area contributed by atoms with Gasteiger partial charge in [-0.15, -0.1) is 11.3 Å². The Morgan fingerprint density at radius 2 is 2.33 bits per heavy atom. The van der Waals surface area contributed by atoms with E-state index in [-0.39, 0.29) is 0 Å². The van der Waals surface area contributed by atoms with Gasteiger partial charge in [0.05, 0.1) is 5.01 Å². The first-order valence-corrected chi connectivity index (χ1v) is 5.77. The molecule has 0 aliphatic heterocycles. The fraction of sp³-hybridized carbons (Fsp3) is 0.273. The Kier molecular flexibility index (Phi) is 3.29. The fourth-order valence-corrected chi connectivity index (χ4v) is 1.97. The van der Waals surface area contributed by atoms with E-state index in [1.807, 2.05) is 23.8 Å². The van der Waals surface area contributed by atoms with Crippen molar-refractivity contribution in [1.82, 2.24) is 9.97 Å². The second-order valence-corrected chi connectivity index (χ2v) is 4.27. The van der Waals surface area contributed by atoms with Crippen LogP contribution in [0, 0.1) is 6.92 Å². The standard InChI is InChI=1S/C11H13N3S/c1-9-8-12-4-2-10(9)13-5-3-11-14-6-7-15-11/h2,4,6-8H,3,5H2,1H3,(H,12,13). The van der Waals surface area contributed by atoms with E-state index in [1.54, 1.807) is 17.5 Å². The van der Waals surface area contributed by atoms with Crippen molar-refractivity contribution in [1.29, 1.82) is 0 Å². The molecule has 0 aliphatic rings. The molecule has 1 N–H and O–H groups in total. The third-order valence-electron chi connectivity index (χ3n) is 2.16. The molecule has 0 spiro atoms. The van der Waals surface area contributed by atoms with Gasteiger partial charge in [-0.3, -0.25) is 4.98 Å². The van der Waals surface area contributed by atoms with Crippen LogP contribution in [0.4, 0.5) is 5.69 Å². The van der Waals surface area contributed by atoms with E-state index in [4.69, 9.17) is 0 Å². The van der Waals surface area contributed by atoms with Crippen LogP contribution < -0.4 is 5.32 Å². The Bertz CT molecular complexity index is 412. The van der Waals surface area contributed by atoms with Gasteiger partial charge in [0.25, 0.3) is 0 Å². The summed E-state index contributed by atoms with van der Waals surface area (Å²) in [7, 11) is 0. The predicted octanol–water partition coefficient (Wildman–Crippen LogP) is 2.50. The number of aromatic nitrogens is 2. The van der Waals surface area contributed by atoms with Crippen LogP contribution in [-0.4, -0.2) is 16.5 Å². The van der Waals surface area contributed by atoms with E-state index >= 15 is 0 Å². The average Bonchev–Trinajstić information content (AvgIpc) is 2.74. The second kappa shape index (κ2) is 4.89. The lowest BCUT2D eigenvalue weighted by molar-refractivity contribution is 0.994. The summed E-state index contributed by atoms with van der Waals surface area (Å²) in [6.45, 7) is 2.97. The molecule has 3 nitrogen and oxygen atoms in total. The average molecular weight is 219 g/mol. The molecular weight excluding hydrogens is 206 g/mol. The largest absolute Gasteiger partial charge is 0.384 e. The molecular formula is C11H13N3S. The molecule has 0 aromatic carbocycles. The highest BCUT2D eigenvalue weighted by Gasteiger charge is 1.98. The molecule has 0 aliphatic carbocycles. The summed E-state index contributed by atoms with van der Waals surface area (Å²) < 4.78 is 0. The Morgan fingerprint density at radius 3 is 3.07 bits per heavy atom. The van der Waals surface area contributed by atoms with Crippen molar-refractivity contribution in [3.05, 3.63) is 40.6 Å². The van der Waals surface area contributed by atoms with Crippen LogP contribution in [-0.2, 0) is 6.42 Å². The van der Waals surface area contributed by atoms with Crippen molar-refractivity contribution in [3.8, 4) is 0 Å². The number of aryl methyl sites for hydroxylation is 1. The highest BCUT2D eigenvalue weighted by molar-refractivity contribution is 7.09. The second-order valence-electron chi connectivity index (χ2n) is 3.29. The van der Waals surface area contributed by atoms with Crippen LogP contribution in [0.25, 0.3) is 0 Å². The van der Waals surface area contributed by atoms with Crippen LogP contribution in [0.3, 0.4) is 0 Å². The van der Waals surface area contributed by atoms with Gasteiger partial charge in [0.15, 0.2) is 0 Å². The zero-order valence-electron chi connectivity index (χ0n) is 8.60. The molecule has 4 heteroatoms. The minimum absolute atomic E-state index is 0.915. The molecule has 78 valence electrons. The maximum Gasteiger partial charge on any atom is 0.0942 e. The van der Waals surface area contributed by atoms with Crippen LogP contribution in [0.15, 0.2) is 30.0 Å². The molecule has 2 aromatic rings. The summed E-state index contributed by atoms with van der Waals surface area (Å²) in [5, 5.41) is 6.56. The first kappa shape index (κ1) is 10.1. The van der Waals surface area contributed by atoms with Crippen molar-refractivity contribution in [2.24, 2.45) is 0 Å². The minimum atomic E-state index is 0.915. The van der Waals surface area contributed by atoms with E-state index < -0.39 is 0 Å². The van der Waals surface area contributed by atoms with Crippen LogP contribution in [0.2, 0.25) is 0 Å².